The third kappa shape index (κ3) is 3.36. The summed E-state index contributed by atoms with van der Waals surface area (Å²) >= 11 is 0. The van der Waals surface area contributed by atoms with Crippen molar-refractivity contribution in [3.63, 3.8) is 0 Å². The van der Waals surface area contributed by atoms with Crippen molar-refractivity contribution in [2.45, 2.75) is 6.54 Å². The van der Waals surface area contributed by atoms with E-state index in [1.807, 2.05) is 36.4 Å². The summed E-state index contributed by atoms with van der Waals surface area (Å²) in [4.78, 5) is 25.3. The molecule has 0 saturated carbocycles. The van der Waals surface area contributed by atoms with E-state index in [1.165, 1.54) is 6.20 Å². The first-order valence-electron chi connectivity index (χ1n) is 8.04. The van der Waals surface area contributed by atoms with Crippen LogP contribution < -0.4 is 10.6 Å². The van der Waals surface area contributed by atoms with Gasteiger partial charge in [-0.2, -0.15) is 0 Å². The van der Waals surface area contributed by atoms with Crippen LogP contribution in [0.5, 0.6) is 0 Å². The molecule has 26 heavy (non-hydrogen) atoms. The van der Waals surface area contributed by atoms with E-state index < -0.39 is 0 Å². The Kier molecular flexibility index (Phi) is 4.26. The minimum Gasteiger partial charge on any atom is -0.467 e. The highest BCUT2D eigenvalue weighted by molar-refractivity contribution is 6.07. The van der Waals surface area contributed by atoms with Gasteiger partial charge < -0.3 is 15.1 Å². The van der Waals surface area contributed by atoms with Crippen molar-refractivity contribution in [1.82, 2.24) is 15.0 Å². The molecule has 4 aromatic rings. The molecule has 0 aliphatic heterocycles. The maximum Gasteiger partial charge on any atom is 0.274 e. The number of nitrogens with one attached hydrogen (secondary N) is 2. The molecule has 0 radical (unpaired) electrons. The smallest absolute Gasteiger partial charge is 0.274 e. The molecule has 0 aliphatic rings. The van der Waals surface area contributed by atoms with Gasteiger partial charge in [0.1, 0.15) is 11.5 Å². The standard InChI is InChI=1S/C19H15N5O2/c25-18(23-15-7-1-4-13-5-2-9-20-17(13)15)16-8-10-21-19(24-16)22-12-14-6-3-11-26-14/h1-11H,12H2,(H,23,25)(H,21,22,24). The number of fused-ring (bicyclic) bond motifs is 1. The van der Waals surface area contributed by atoms with Gasteiger partial charge in [0, 0.05) is 17.8 Å². The number of carbonyl (C=O) groups excluding carboxylic acids is 1. The van der Waals surface area contributed by atoms with E-state index in [0.29, 0.717) is 18.2 Å². The molecule has 0 fully saturated rings. The lowest BCUT2D eigenvalue weighted by Gasteiger charge is -2.08. The second-order valence-electron chi connectivity index (χ2n) is 5.53. The topological polar surface area (TPSA) is 92.9 Å². The molecule has 1 aromatic carbocycles. The minimum absolute atomic E-state index is 0.259. The third-order valence-corrected chi connectivity index (χ3v) is 3.77. The number of hydrogen-bond acceptors (Lipinski definition) is 6. The van der Waals surface area contributed by atoms with Crippen LogP contribution in [0.1, 0.15) is 16.2 Å². The predicted octanol–water partition coefficient (Wildman–Crippen LogP) is 3.48. The Balaban J connectivity index is 1.51. The summed E-state index contributed by atoms with van der Waals surface area (Å²) in [5.41, 5.74) is 1.63. The number of rotatable bonds is 5. The molecule has 128 valence electrons. The zero-order chi connectivity index (χ0) is 17.8. The lowest BCUT2D eigenvalue weighted by Crippen LogP contribution is -2.15. The van der Waals surface area contributed by atoms with Crippen molar-refractivity contribution in [3.8, 4) is 0 Å². The fraction of sp³-hybridized carbons (Fsp3) is 0.0526. The number of pyridine rings is 1. The van der Waals surface area contributed by atoms with Crippen LogP contribution in [-0.4, -0.2) is 20.9 Å². The summed E-state index contributed by atoms with van der Waals surface area (Å²) < 4.78 is 5.25. The number of aromatic nitrogens is 3. The van der Waals surface area contributed by atoms with E-state index in [1.54, 1.807) is 24.6 Å². The molecule has 2 N–H and O–H groups in total. The number of hydrogen-bond donors (Lipinski definition) is 2. The summed E-state index contributed by atoms with van der Waals surface area (Å²) in [7, 11) is 0. The van der Waals surface area contributed by atoms with Gasteiger partial charge in [0.05, 0.1) is 24.0 Å². The molecule has 0 bridgehead atoms. The van der Waals surface area contributed by atoms with Gasteiger partial charge in [-0.1, -0.05) is 18.2 Å². The molecule has 7 heteroatoms. The van der Waals surface area contributed by atoms with Gasteiger partial charge in [0.15, 0.2) is 0 Å². The number of carbonyl (C=O) groups is 1. The van der Waals surface area contributed by atoms with E-state index >= 15 is 0 Å². The van der Waals surface area contributed by atoms with Crippen molar-refractivity contribution in [2.24, 2.45) is 0 Å². The molecule has 0 aliphatic carbocycles. The molecule has 1 amide bonds. The van der Waals surface area contributed by atoms with Crippen LogP contribution in [0.2, 0.25) is 0 Å². The Morgan fingerprint density at radius 1 is 1.00 bits per heavy atom. The van der Waals surface area contributed by atoms with Crippen LogP contribution in [0.25, 0.3) is 10.9 Å². The fourth-order valence-electron chi connectivity index (χ4n) is 2.54. The van der Waals surface area contributed by atoms with Gasteiger partial charge in [-0.05, 0) is 30.3 Å². The molecule has 4 rings (SSSR count). The fourth-order valence-corrected chi connectivity index (χ4v) is 2.54. The Hall–Kier alpha value is -3.74. The first kappa shape index (κ1) is 15.8. The first-order chi connectivity index (χ1) is 12.8. The summed E-state index contributed by atoms with van der Waals surface area (Å²) in [5, 5.41) is 6.84. The van der Waals surface area contributed by atoms with E-state index in [9.17, 15) is 4.79 Å². The lowest BCUT2D eigenvalue weighted by molar-refractivity contribution is 0.102. The number of furan rings is 1. The maximum absolute atomic E-state index is 12.6. The largest absolute Gasteiger partial charge is 0.467 e. The van der Waals surface area contributed by atoms with E-state index in [4.69, 9.17) is 4.42 Å². The van der Waals surface area contributed by atoms with Crippen LogP contribution >= 0.6 is 0 Å². The van der Waals surface area contributed by atoms with E-state index in [2.05, 4.69) is 25.6 Å². The van der Waals surface area contributed by atoms with Crippen LogP contribution in [0.15, 0.2) is 71.6 Å². The molecular weight excluding hydrogens is 330 g/mol. The maximum atomic E-state index is 12.6. The van der Waals surface area contributed by atoms with Crippen molar-refractivity contribution >= 4 is 28.4 Å². The first-order valence-corrected chi connectivity index (χ1v) is 8.04. The Labute approximate surface area is 149 Å². The molecule has 0 unspecified atom stereocenters. The van der Waals surface area contributed by atoms with Crippen molar-refractivity contribution in [2.75, 3.05) is 10.6 Å². The van der Waals surface area contributed by atoms with Crippen molar-refractivity contribution in [3.05, 3.63) is 78.6 Å². The molecule has 3 aromatic heterocycles. The molecule has 0 atom stereocenters. The quantitative estimate of drug-likeness (QED) is 0.575. The lowest BCUT2D eigenvalue weighted by atomic mass is 10.2. The third-order valence-electron chi connectivity index (χ3n) is 3.77. The van der Waals surface area contributed by atoms with Crippen molar-refractivity contribution in [1.29, 1.82) is 0 Å². The number of amides is 1. The SMILES string of the molecule is O=C(Nc1cccc2cccnc12)c1ccnc(NCc2ccco2)n1. The molecular formula is C19H15N5O2. The highest BCUT2D eigenvalue weighted by Crippen LogP contribution is 2.21. The zero-order valence-electron chi connectivity index (χ0n) is 13.7. The normalized spacial score (nSPS) is 10.6. The summed E-state index contributed by atoms with van der Waals surface area (Å²) in [6.45, 7) is 0.436. The number of benzene rings is 1. The van der Waals surface area contributed by atoms with E-state index in [-0.39, 0.29) is 11.6 Å². The molecule has 7 nitrogen and oxygen atoms in total. The van der Waals surface area contributed by atoms with Gasteiger partial charge in [0.25, 0.3) is 5.91 Å². The monoisotopic (exact) mass is 345 g/mol. The van der Waals surface area contributed by atoms with E-state index in [0.717, 1.165) is 16.7 Å². The summed E-state index contributed by atoms with van der Waals surface area (Å²) in [6, 6.07) is 14.6. The second kappa shape index (κ2) is 7.02. The number of anilines is 2. The Bertz CT molecular complexity index is 1040. The van der Waals surface area contributed by atoms with Gasteiger partial charge >= 0.3 is 0 Å². The highest BCUT2D eigenvalue weighted by atomic mass is 16.3. The van der Waals surface area contributed by atoms with Gasteiger partial charge in [-0.3, -0.25) is 9.78 Å². The van der Waals surface area contributed by atoms with Crippen LogP contribution in [0, 0.1) is 0 Å². The summed E-state index contributed by atoms with van der Waals surface area (Å²) in [6.07, 6.45) is 4.83. The molecule has 3 heterocycles. The van der Waals surface area contributed by atoms with Gasteiger partial charge in [0.2, 0.25) is 5.95 Å². The predicted molar refractivity (Wildman–Crippen MR) is 97.8 cm³/mol. The average molecular weight is 345 g/mol. The summed E-state index contributed by atoms with van der Waals surface area (Å²) in [5.74, 6) is 0.780. The van der Waals surface area contributed by atoms with Gasteiger partial charge in [-0.15, -0.1) is 0 Å². The van der Waals surface area contributed by atoms with Gasteiger partial charge in [-0.25, -0.2) is 9.97 Å². The number of para-hydroxylation sites is 1. The highest BCUT2D eigenvalue weighted by Gasteiger charge is 2.11. The zero-order valence-corrected chi connectivity index (χ0v) is 13.7. The second-order valence-corrected chi connectivity index (χ2v) is 5.53. The molecule has 0 spiro atoms. The van der Waals surface area contributed by atoms with Crippen molar-refractivity contribution < 1.29 is 9.21 Å². The average Bonchev–Trinajstić information content (AvgIpc) is 3.20. The van der Waals surface area contributed by atoms with Crippen LogP contribution in [-0.2, 0) is 6.54 Å². The minimum atomic E-state index is -0.327. The number of nitrogens with zero attached hydrogens (tertiary/aromatic N) is 3. The van der Waals surface area contributed by atoms with Crippen LogP contribution in [0.3, 0.4) is 0 Å². The van der Waals surface area contributed by atoms with Crippen LogP contribution in [0.4, 0.5) is 11.6 Å². The Morgan fingerprint density at radius 3 is 2.81 bits per heavy atom. The molecule has 0 saturated heterocycles. The Morgan fingerprint density at radius 2 is 1.92 bits per heavy atom.